The van der Waals surface area contributed by atoms with Gasteiger partial charge < -0.3 is 14.5 Å². The second kappa shape index (κ2) is 10.2. The SMILES string of the molecule is CCN1CCN(Cc2ccc(COc3cccc4c3CN(C3CCC(=O)NC3=O)C4=O)cc2)CC1. The number of amides is 3. The lowest BCUT2D eigenvalue weighted by molar-refractivity contribution is -0.136. The first-order valence-corrected chi connectivity index (χ1v) is 12.4. The monoisotopic (exact) mass is 476 g/mol. The lowest BCUT2D eigenvalue weighted by atomic mass is 10.0. The molecule has 2 saturated heterocycles. The Kier molecular flexibility index (Phi) is 6.83. The smallest absolute Gasteiger partial charge is 0.255 e. The number of imide groups is 1. The van der Waals surface area contributed by atoms with Crippen LogP contribution < -0.4 is 10.1 Å². The molecule has 0 aliphatic carbocycles. The Hall–Kier alpha value is -3.23. The fraction of sp³-hybridized carbons (Fsp3) is 0.444. The summed E-state index contributed by atoms with van der Waals surface area (Å²) in [5, 5.41) is 2.34. The van der Waals surface area contributed by atoms with Gasteiger partial charge in [0.25, 0.3) is 5.91 Å². The number of nitrogens with zero attached hydrogens (tertiary/aromatic N) is 3. The lowest BCUT2D eigenvalue weighted by Crippen LogP contribution is -2.52. The first-order chi connectivity index (χ1) is 17.0. The van der Waals surface area contributed by atoms with Crippen LogP contribution >= 0.6 is 0 Å². The van der Waals surface area contributed by atoms with Crippen LogP contribution in [0.5, 0.6) is 5.75 Å². The number of hydrogen-bond donors (Lipinski definition) is 1. The van der Waals surface area contributed by atoms with Crippen LogP contribution in [0.2, 0.25) is 0 Å². The highest BCUT2D eigenvalue weighted by molar-refractivity contribution is 6.05. The molecule has 8 heteroatoms. The molecule has 2 aromatic carbocycles. The number of ether oxygens (including phenoxy) is 1. The second-order valence-corrected chi connectivity index (χ2v) is 9.50. The van der Waals surface area contributed by atoms with Crippen LogP contribution in [0.4, 0.5) is 0 Å². The van der Waals surface area contributed by atoms with Crippen molar-refractivity contribution in [2.75, 3.05) is 32.7 Å². The van der Waals surface area contributed by atoms with Crippen molar-refractivity contribution >= 4 is 17.7 Å². The summed E-state index contributed by atoms with van der Waals surface area (Å²) in [5.74, 6) is -0.227. The lowest BCUT2D eigenvalue weighted by Gasteiger charge is -2.34. The van der Waals surface area contributed by atoms with E-state index < -0.39 is 11.9 Å². The van der Waals surface area contributed by atoms with Gasteiger partial charge in [-0.05, 0) is 36.2 Å². The zero-order chi connectivity index (χ0) is 24.4. The Morgan fingerprint density at radius 1 is 0.943 bits per heavy atom. The summed E-state index contributed by atoms with van der Waals surface area (Å²) >= 11 is 0. The van der Waals surface area contributed by atoms with Crippen molar-refractivity contribution in [1.29, 1.82) is 0 Å². The van der Waals surface area contributed by atoms with Gasteiger partial charge in [0.15, 0.2) is 0 Å². The summed E-state index contributed by atoms with van der Waals surface area (Å²) in [6, 6.07) is 13.3. The van der Waals surface area contributed by atoms with Gasteiger partial charge in [-0.15, -0.1) is 0 Å². The van der Waals surface area contributed by atoms with E-state index in [2.05, 4.69) is 46.3 Å². The van der Waals surface area contributed by atoms with E-state index in [9.17, 15) is 14.4 Å². The van der Waals surface area contributed by atoms with E-state index >= 15 is 0 Å². The minimum absolute atomic E-state index is 0.191. The summed E-state index contributed by atoms with van der Waals surface area (Å²) in [5.41, 5.74) is 3.72. The number of benzene rings is 2. The number of hydrogen-bond acceptors (Lipinski definition) is 6. The maximum absolute atomic E-state index is 13.0. The second-order valence-electron chi connectivity index (χ2n) is 9.50. The molecule has 3 aliphatic heterocycles. The van der Waals surface area contributed by atoms with Crippen molar-refractivity contribution in [3.8, 4) is 5.75 Å². The molecule has 2 fully saturated rings. The summed E-state index contributed by atoms with van der Waals surface area (Å²) < 4.78 is 6.13. The average molecular weight is 477 g/mol. The summed E-state index contributed by atoms with van der Waals surface area (Å²) in [6.45, 7) is 9.48. The number of rotatable bonds is 7. The van der Waals surface area contributed by atoms with E-state index in [4.69, 9.17) is 4.74 Å². The van der Waals surface area contributed by atoms with Gasteiger partial charge in [-0.3, -0.25) is 24.6 Å². The minimum atomic E-state index is -0.627. The molecule has 1 unspecified atom stereocenters. The third kappa shape index (κ3) is 5.09. The number of fused-ring (bicyclic) bond motifs is 1. The molecule has 0 radical (unpaired) electrons. The van der Waals surface area contributed by atoms with Crippen LogP contribution in [0.15, 0.2) is 42.5 Å². The first-order valence-electron chi connectivity index (χ1n) is 12.4. The molecule has 5 rings (SSSR count). The zero-order valence-electron chi connectivity index (χ0n) is 20.2. The standard InChI is InChI=1S/C27H32N4O4/c1-2-29-12-14-30(15-13-29)16-19-6-8-20(9-7-19)18-35-24-5-3-4-21-22(24)17-31(27(21)34)23-10-11-25(32)28-26(23)33/h3-9,23H,2,10-18H2,1H3,(H,28,32,33). The molecule has 1 atom stereocenters. The van der Waals surface area contributed by atoms with Crippen LogP contribution in [0.1, 0.15) is 46.8 Å². The van der Waals surface area contributed by atoms with E-state index in [0.717, 1.165) is 50.4 Å². The van der Waals surface area contributed by atoms with Crippen molar-refractivity contribution in [2.24, 2.45) is 0 Å². The number of likely N-dealkylation sites (N-methyl/N-ethyl adjacent to an activating group) is 1. The van der Waals surface area contributed by atoms with Crippen LogP contribution in [0.25, 0.3) is 0 Å². The predicted molar refractivity (Wildman–Crippen MR) is 131 cm³/mol. The molecule has 1 N–H and O–H groups in total. The van der Waals surface area contributed by atoms with Crippen LogP contribution in [-0.4, -0.2) is 71.2 Å². The Balaban J connectivity index is 1.19. The van der Waals surface area contributed by atoms with Crippen LogP contribution in [0.3, 0.4) is 0 Å². The van der Waals surface area contributed by atoms with Crippen LogP contribution in [-0.2, 0) is 29.3 Å². The maximum Gasteiger partial charge on any atom is 0.255 e. The van der Waals surface area contributed by atoms with E-state index in [1.54, 1.807) is 17.0 Å². The van der Waals surface area contributed by atoms with Gasteiger partial charge in [-0.2, -0.15) is 0 Å². The predicted octanol–water partition coefficient (Wildman–Crippen LogP) is 2.16. The van der Waals surface area contributed by atoms with Crippen molar-refractivity contribution < 1.29 is 19.1 Å². The molecule has 0 bridgehead atoms. The molecule has 8 nitrogen and oxygen atoms in total. The Labute approximate surface area is 205 Å². The minimum Gasteiger partial charge on any atom is -0.489 e. The fourth-order valence-electron chi connectivity index (χ4n) is 5.12. The molecule has 0 aromatic heterocycles. The number of piperazine rings is 1. The normalized spacial score (nSPS) is 21.2. The molecule has 3 heterocycles. The number of piperidine rings is 1. The Morgan fingerprint density at radius 2 is 1.66 bits per heavy atom. The maximum atomic E-state index is 13.0. The summed E-state index contributed by atoms with van der Waals surface area (Å²) in [4.78, 5) is 43.3. The molecule has 3 amide bonds. The topological polar surface area (TPSA) is 82.2 Å². The van der Waals surface area contributed by atoms with E-state index in [1.165, 1.54) is 5.56 Å². The highest BCUT2D eigenvalue weighted by Crippen LogP contribution is 2.34. The largest absolute Gasteiger partial charge is 0.489 e. The van der Waals surface area contributed by atoms with Gasteiger partial charge in [0.05, 0.1) is 6.54 Å². The van der Waals surface area contributed by atoms with E-state index in [0.29, 0.717) is 30.9 Å². The van der Waals surface area contributed by atoms with E-state index in [-0.39, 0.29) is 18.2 Å². The highest BCUT2D eigenvalue weighted by atomic mass is 16.5. The molecular weight excluding hydrogens is 444 g/mol. The quantitative estimate of drug-likeness (QED) is 0.617. The van der Waals surface area contributed by atoms with Crippen molar-refractivity contribution in [3.63, 3.8) is 0 Å². The van der Waals surface area contributed by atoms with Gasteiger partial charge in [-0.25, -0.2) is 0 Å². The summed E-state index contributed by atoms with van der Waals surface area (Å²) in [6.07, 6.45) is 0.589. The van der Waals surface area contributed by atoms with Gasteiger partial charge in [0.1, 0.15) is 18.4 Å². The van der Waals surface area contributed by atoms with E-state index in [1.807, 2.05) is 6.07 Å². The Morgan fingerprint density at radius 3 is 2.37 bits per heavy atom. The fourth-order valence-corrected chi connectivity index (χ4v) is 5.12. The molecule has 0 spiro atoms. The molecule has 184 valence electrons. The number of nitrogens with one attached hydrogen (secondary N) is 1. The average Bonchev–Trinajstić information content (AvgIpc) is 3.21. The molecule has 0 saturated carbocycles. The van der Waals surface area contributed by atoms with Gasteiger partial charge in [0.2, 0.25) is 11.8 Å². The van der Waals surface area contributed by atoms with Crippen molar-refractivity contribution in [2.45, 2.75) is 45.5 Å². The van der Waals surface area contributed by atoms with Crippen molar-refractivity contribution in [1.82, 2.24) is 20.0 Å². The Bertz CT molecular complexity index is 1110. The molecular formula is C27H32N4O4. The zero-order valence-corrected chi connectivity index (χ0v) is 20.2. The molecule has 35 heavy (non-hydrogen) atoms. The highest BCUT2D eigenvalue weighted by Gasteiger charge is 2.40. The third-order valence-electron chi connectivity index (χ3n) is 7.27. The van der Waals surface area contributed by atoms with Gasteiger partial charge in [0, 0.05) is 50.3 Å². The van der Waals surface area contributed by atoms with Crippen molar-refractivity contribution in [3.05, 3.63) is 64.7 Å². The molecule has 2 aromatic rings. The number of carbonyl (C=O) groups is 3. The third-order valence-corrected chi connectivity index (χ3v) is 7.27. The summed E-state index contributed by atoms with van der Waals surface area (Å²) in [7, 11) is 0. The first kappa shape index (κ1) is 23.5. The van der Waals surface area contributed by atoms with Gasteiger partial charge in [-0.1, -0.05) is 37.3 Å². The van der Waals surface area contributed by atoms with Gasteiger partial charge >= 0.3 is 0 Å². The van der Waals surface area contributed by atoms with Crippen LogP contribution in [0, 0.1) is 0 Å². The molecule has 3 aliphatic rings. The number of carbonyl (C=O) groups excluding carboxylic acids is 3.